The van der Waals surface area contributed by atoms with Gasteiger partial charge < -0.3 is 20.3 Å². The van der Waals surface area contributed by atoms with E-state index < -0.39 is 0 Å². The number of aromatic nitrogens is 2. The number of nitrogens with zero attached hydrogens (tertiary/aromatic N) is 4. The molecule has 2 aliphatic rings. The smallest absolute Gasteiger partial charge is 0.219 e. The van der Waals surface area contributed by atoms with Crippen LogP contribution < -0.4 is 10.6 Å². The number of rotatable bonds is 3. The van der Waals surface area contributed by atoms with E-state index in [1.165, 1.54) is 5.69 Å². The number of benzene rings is 1. The predicted molar refractivity (Wildman–Crippen MR) is 116 cm³/mol. The van der Waals surface area contributed by atoms with E-state index in [1.54, 1.807) is 6.92 Å². The van der Waals surface area contributed by atoms with Gasteiger partial charge in [-0.2, -0.15) is 5.10 Å². The Balaban J connectivity index is 0.00000117. The summed E-state index contributed by atoms with van der Waals surface area (Å²) >= 11 is 0. The third-order valence-electron chi connectivity index (χ3n) is 5.64. The molecule has 0 unspecified atom stereocenters. The second kappa shape index (κ2) is 9.31. The fourth-order valence-corrected chi connectivity index (χ4v) is 4.02. The molecule has 1 amide bonds. The molecule has 4 rings (SSSR count). The molecule has 2 aliphatic heterocycles. The van der Waals surface area contributed by atoms with Gasteiger partial charge in [-0.05, 0) is 37.1 Å². The van der Waals surface area contributed by atoms with E-state index >= 15 is 0 Å². The molecule has 1 aromatic heterocycles. The summed E-state index contributed by atoms with van der Waals surface area (Å²) in [7, 11) is 2.02. The molecule has 158 valence electrons. The normalized spacial score (nSPS) is 16.6. The Kier molecular flexibility index (Phi) is 6.79. The van der Waals surface area contributed by atoms with Crippen LogP contribution in [0.15, 0.2) is 24.3 Å². The molecule has 7 nitrogen and oxygen atoms in total. The van der Waals surface area contributed by atoms with Gasteiger partial charge in [0.1, 0.15) is 0 Å². The van der Waals surface area contributed by atoms with Gasteiger partial charge in [-0.25, -0.2) is 0 Å². The minimum atomic E-state index is 0.112. The Bertz CT molecular complexity index is 824. The molecule has 7 heteroatoms. The van der Waals surface area contributed by atoms with E-state index in [1.807, 2.05) is 50.1 Å². The number of carbonyl (C=O) groups excluding carboxylic acids is 1. The van der Waals surface area contributed by atoms with E-state index in [4.69, 9.17) is 15.6 Å². The van der Waals surface area contributed by atoms with E-state index in [0.717, 1.165) is 61.8 Å². The second-order valence-corrected chi connectivity index (χ2v) is 7.38. The molecule has 0 spiro atoms. The largest absolute Gasteiger partial charge is 0.399 e. The summed E-state index contributed by atoms with van der Waals surface area (Å²) in [4.78, 5) is 16.0. The van der Waals surface area contributed by atoms with Crippen LogP contribution in [0.1, 0.15) is 50.9 Å². The standard InChI is InChI=1S/C20H27N5O2.C2H6/c1-14(26)24-10-7-19-18(13-24)20(22-25(19)17-8-11-27-12-9-17)23(2)16-5-3-15(21)4-6-16;1-2/h3-6,17H,7-13,21H2,1-2H3;1-2H3. The lowest BCUT2D eigenvalue weighted by Gasteiger charge is -2.29. The monoisotopic (exact) mass is 399 g/mol. The molecule has 0 saturated carbocycles. The highest BCUT2D eigenvalue weighted by Gasteiger charge is 2.31. The average molecular weight is 400 g/mol. The molecule has 0 aliphatic carbocycles. The Morgan fingerprint density at radius 3 is 2.48 bits per heavy atom. The summed E-state index contributed by atoms with van der Waals surface area (Å²) in [5, 5.41) is 5.03. The van der Waals surface area contributed by atoms with Crippen molar-refractivity contribution in [1.29, 1.82) is 0 Å². The first-order valence-electron chi connectivity index (χ1n) is 10.6. The maximum atomic E-state index is 12.0. The highest BCUT2D eigenvalue weighted by atomic mass is 16.5. The number of fused-ring (bicyclic) bond motifs is 1. The Morgan fingerprint density at radius 1 is 1.21 bits per heavy atom. The number of anilines is 3. The number of carbonyl (C=O) groups is 1. The van der Waals surface area contributed by atoms with Crippen molar-refractivity contribution in [3.63, 3.8) is 0 Å². The van der Waals surface area contributed by atoms with Crippen LogP contribution in [0.25, 0.3) is 0 Å². The molecular weight excluding hydrogens is 366 g/mol. The van der Waals surface area contributed by atoms with Crippen LogP contribution in [0.4, 0.5) is 17.2 Å². The zero-order valence-corrected chi connectivity index (χ0v) is 18.0. The average Bonchev–Trinajstić information content (AvgIpc) is 3.14. The third-order valence-corrected chi connectivity index (χ3v) is 5.64. The van der Waals surface area contributed by atoms with Gasteiger partial charge in [-0.15, -0.1) is 0 Å². The van der Waals surface area contributed by atoms with Crippen LogP contribution in [0.3, 0.4) is 0 Å². The highest BCUT2D eigenvalue weighted by Crippen LogP contribution is 2.35. The Morgan fingerprint density at radius 2 is 1.86 bits per heavy atom. The summed E-state index contributed by atoms with van der Waals surface area (Å²) in [6.07, 6.45) is 2.81. The maximum absolute atomic E-state index is 12.0. The number of hydrogen-bond acceptors (Lipinski definition) is 5. The minimum absolute atomic E-state index is 0.112. The van der Waals surface area contributed by atoms with Crippen molar-refractivity contribution in [3.8, 4) is 0 Å². The number of nitrogens with two attached hydrogens (primary N) is 1. The molecule has 2 aromatic rings. The summed E-state index contributed by atoms with van der Waals surface area (Å²) in [5.74, 6) is 1.03. The molecule has 1 fully saturated rings. The summed E-state index contributed by atoms with van der Waals surface area (Å²) in [6, 6.07) is 8.16. The number of ether oxygens (including phenoxy) is 1. The zero-order valence-electron chi connectivity index (χ0n) is 18.0. The second-order valence-electron chi connectivity index (χ2n) is 7.38. The summed E-state index contributed by atoms with van der Waals surface area (Å²) in [6.45, 7) is 8.56. The molecule has 1 saturated heterocycles. The first-order chi connectivity index (χ1) is 14.0. The topological polar surface area (TPSA) is 76.6 Å². The lowest BCUT2D eigenvalue weighted by atomic mass is 10.0. The van der Waals surface area contributed by atoms with Gasteiger partial charge in [0.2, 0.25) is 5.91 Å². The van der Waals surface area contributed by atoms with Gasteiger partial charge in [0.25, 0.3) is 0 Å². The molecule has 1 aromatic carbocycles. The van der Waals surface area contributed by atoms with Crippen molar-refractivity contribution < 1.29 is 9.53 Å². The Labute approximate surface area is 173 Å². The molecule has 3 heterocycles. The first kappa shape index (κ1) is 21.2. The fourth-order valence-electron chi connectivity index (χ4n) is 4.02. The summed E-state index contributed by atoms with van der Waals surface area (Å²) < 4.78 is 7.74. The fraction of sp³-hybridized carbons (Fsp3) is 0.545. The van der Waals surface area contributed by atoms with Gasteiger partial charge in [0, 0.05) is 62.8 Å². The SMILES string of the molecule is CC.CC(=O)N1CCc2c(c(N(C)c3ccc(N)cc3)nn2C2CCOCC2)C1. The number of nitrogen functional groups attached to an aromatic ring is 1. The van der Waals surface area contributed by atoms with Gasteiger partial charge in [0.05, 0.1) is 12.6 Å². The van der Waals surface area contributed by atoms with Gasteiger partial charge in [0.15, 0.2) is 5.82 Å². The molecular formula is C22H33N5O2. The minimum Gasteiger partial charge on any atom is -0.399 e. The van der Waals surface area contributed by atoms with Crippen molar-refractivity contribution in [1.82, 2.24) is 14.7 Å². The van der Waals surface area contributed by atoms with Crippen LogP contribution in [-0.2, 0) is 22.5 Å². The predicted octanol–water partition coefficient (Wildman–Crippen LogP) is 3.52. The molecule has 0 bridgehead atoms. The first-order valence-corrected chi connectivity index (χ1v) is 10.6. The number of hydrogen-bond donors (Lipinski definition) is 1. The van der Waals surface area contributed by atoms with Crippen LogP contribution in [-0.4, -0.2) is 47.4 Å². The van der Waals surface area contributed by atoms with Crippen LogP contribution in [0.2, 0.25) is 0 Å². The highest BCUT2D eigenvalue weighted by molar-refractivity contribution is 5.74. The molecule has 2 N–H and O–H groups in total. The van der Waals surface area contributed by atoms with Gasteiger partial charge in [-0.3, -0.25) is 9.48 Å². The van der Waals surface area contributed by atoms with Crippen LogP contribution in [0, 0.1) is 0 Å². The van der Waals surface area contributed by atoms with Crippen LogP contribution in [0.5, 0.6) is 0 Å². The third kappa shape index (κ3) is 4.40. The van der Waals surface area contributed by atoms with Crippen molar-refractivity contribution >= 4 is 23.1 Å². The zero-order chi connectivity index (χ0) is 21.0. The van der Waals surface area contributed by atoms with E-state index in [9.17, 15) is 4.79 Å². The van der Waals surface area contributed by atoms with E-state index in [-0.39, 0.29) is 5.91 Å². The number of amides is 1. The lowest BCUT2D eigenvalue weighted by molar-refractivity contribution is -0.129. The van der Waals surface area contributed by atoms with Gasteiger partial charge >= 0.3 is 0 Å². The van der Waals surface area contributed by atoms with Crippen molar-refractivity contribution in [2.75, 3.05) is 37.4 Å². The molecule has 0 radical (unpaired) electrons. The molecule has 29 heavy (non-hydrogen) atoms. The van der Waals surface area contributed by atoms with Crippen molar-refractivity contribution in [2.24, 2.45) is 0 Å². The van der Waals surface area contributed by atoms with E-state index in [0.29, 0.717) is 12.6 Å². The summed E-state index contributed by atoms with van der Waals surface area (Å²) in [5.41, 5.74) is 10.0. The molecule has 0 atom stereocenters. The van der Waals surface area contributed by atoms with Crippen molar-refractivity contribution in [3.05, 3.63) is 35.5 Å². The van der Waals surface area contributed by atoms with Gasteiger partial charge in [-0.1, -0.05) is 13.8 Å². The quantitative estimate of drug-likeness (QED) is 0.799. The van der Waals surface area contributed by atoms with E-state index in [2.05, 4.69) is 9.58 Å². The Hall–Kier alpha value is -2.54. The lowest BCUT2D eigenvalue weighted by Crippen LogP contribution is -2.35. The van der Waals surface area contributed by atoms with Crippen LogP contribution >= 0.6 is 0 Å². The van der Waals surface area contributed by atoms with Crippen molar-refractivity contribution in [2.45, 2.75) is 52.6 Å². The maximum Gasteiger partial charge on any atom is 0.219 e.